The minimum Gasteiger partial charge on any atom is -0.494 e. The molecule has 1 saturated carbocycles. The van der Waals surface area contributed by atoms with Crippen LogP contribution in [0.25, 0.3) is 16.6 Å². The summed E-state index contributed by atoms with van der Waals surface area (Å²) >= 11 is 0. The number of pyridine rings is 1. The molecule has 1 unspecified atom stereocenters. The molecule has 3 aromatic heterocycles. The number of carbonyl (C=O) groups is 1. The number of likely N-dealkylation sites (tertiary alicyclic amines) is 1. The molecule has 2 N–H and O–H groups in total. The first-order chi connectivity index (χ1) is 22.3. The molecule has 0 bridgehead atoms. The molecule has 2 fully saturated rings. The molecule has 1 aliphatic heterocycles. The molecule has 4 heterocycles. The number of benzene rings is 2. The number of ether oxygens (including phenoxy) is 3. The fraction of sp³-hybridized carbons (Fsp3) is 0.303. The van der Waals surface area contributed by atoms with E-state index >= 15 is 0 Å². The van der Waals surface area contributed by atoms with Gasteiger partial charge >= 0.3 is 0 Å². The predicted molar refractivity (Wildman–Crippen MR) is 171 cm³/mol. The fourth-order valence-corrected chi connectivity index (χ4v) is 5.48. The number of hydrogen-bond acceptors (Lipinski definition) is 10. The van der Waals surface area contributed by atoms with Gasteiger partial charge in [-0.3, -0.25) is 9.69 Å². The maximum atomic E-state index is 15.0. The Morgan fingerprint density at radius 3 is 2.67 bits per heavy atom. The molecule has 236 valence electrons. The van der Waals surface area contributed by atoms with E-state index in [2.05, 4.69) is 30.7 Å². The number of methoxy groups -OCH3 is 1. The number of hydrogen-bond donors (Lipinski definition) is 2. The average Bonchev–Trinajstić information content (AvgIpc) is 3.59. The highest BCUT2D eigenvalue weighted by molar-refractivity contribution is 6.05. The SMILES string of the molecule is COc1cc2ncnc(Nc3cc(C)c(Oc4ccn5ncnc5c4)cc3OC3CC3)c2cc1NC(=O)C(F)=CC1CCCN1C. The summed E-state index contributed by atoms with van der Waals surface area (Å²) in [6.45, 7) is 2.81. The van der Waals surface area contributed by atoms with E-state index < -0.39 is 11.7 Å². The van der Waals surface area contributed by atoms with Crippen LogP contribution in [-0.4, -0.2) is 68.2 Å². The van der Waals surface area contributed by atoms with Crippen molar-refractivity contribution in [3.8, 4) is 23.0 Å². The lowest BCUT2D eigenvalue weighted by Gasteiger charge is -2.18. The largest absolute Gasteiger partial charge is 0.494 e. The van der Waals surface area contributed by atoms with Crippen LogP contribution in [0.2, 0.25) is 0 Å². The van der Waals surface area contributed by atoms with Crippen LogP contribution in [0.1, 0.15) is 31.2 Å². The topological polar surface area (TPSA) is 128 Å². The van der Waals surface area contributed by atoms with Gasteiger partial charge in [0.05, 0.1) is 30.1 Å². The van der Waals surface area contributed by atoms with E-state index in [9.17, 15) is 9.18 Å². The highest BCUT2D eigenvalue weighted by atomic mass is 19.1. The molecule has 2 aromatic carbocycles. The minimum atomic E-state index is -0.848. The molecule has 5 aromatic rings. The molecule has 7 rings (SSSR count). The third kappa shape index (κ3) is 6.13. The number of anilines is 3. The monoisotopic (exact) mass is 624 g/mol. The molecule has 46 heavy (non-hydrogen) atoms. The van der Waals surface area contributed by atoms with E-state index in [0.29, 0.717) is 56.7 Å². The number of fused-ring (bicyclic) bond motifs is 2. The van der Waals surface area contributed by atoms with Gasteiger partial charge < -0.3 is 24.8 Å². The lowest BCUT2D eigenvalue weighted by Crippen LogP contribution is -2.24. The van der Waals surface area contributed by atoms with Crippen LogP contribution < -0.4 is 24.8 Å². The van der Waals surface area contributed by atoms with Crippen molar-refractivity contribution in [1.82, 2.24) is 29.5 Å². The van der Waals surface area contributed by atoms with Crippen molar-refractivity contribution in [1.29, 1.82) is 0 Å². The van der Waals surface area contributed by atoms with Crippen LogP contribution in [-0.2, 0) is 4.79 Å². The summed E-state index contributed by atoms with van der Waals surface area (Å²) < 4.78 is 34.7. The summed E-state index contributed by atoms with van der Waals surface area (Å²) in [5, 5.41) is 10.8. The number of aromatic nitrogens is 5. The van der Waals surface area contributed by atoms with Crippen molar-refractivity contribution in [2.24, 2.45) is 0 Å². The molecule has 1 saturated heterocycles. The van der Waals surface area contributed by atoms with Crippen LogP contribution in [0.3, 0.4) is 0 Å². The third-order valence-electron chi connectivity index (χ3n) is 8.17. The molecule has 13 heteroatoms. The quantitative estimate of drug-likeness (QED) is 0.180. The van der Waals surface area contributed by atoms with E-state index in [4.69, 9.17) is 14.2 Å². The summed E-state index contributed by atoms with van der Waals surface area (Å²) in [4.78, 5) is 28.0. The van der Waals surface area contributed by atoms with Crippen molar-refractivity contribution >= 4 is 39.6 Å². The lowest BCUT2D eigenvalue weighted by molar-refractivity contribution is -0.114. The number of halogens is 1. The Morgan fingerprint density at radius 2 is 1.89 bits per heavy atom. The van der Waals surface area contributed by atoms with Crippen molar-refractivity contribution in [2.75, 3.05) is 31.3 Å². The second kappa shape index (κ2) is 12.2. The van der Waals surface area contributed by atoms with Gasteiger partial charge in [-0.15, -0.1) is 0 Å². The average molecular weight is 625 g/mol. The van der Waals surface area contributed by atoms with Gasteiger partial charge in [-0.2, -0.15) is 5.10 Å². The Hall–Kier alpha value is -5.30. The van der Waals surface area contributed by atoms with Gasteiger partial charge in [0.2, 0.25) is 0 Å². The zero-order valence-electron chi connectivity index (χ0n) is 25.7. The number of rotatable bonds is 10. The number of aryl methyl sites for hydroxylation is 1. The van der Waals surface area contributed by atoms with E-state index in [1.165, 1.54) is 25.8 Å². The van der Waals surface area contributed by atoms with Crippen LogP contribution in [0, 0.1) is 6.92 Å². The number of carbonyl (C=O) groups excluding carboxylic acids is 1. The molecule has 1 amide bonds. The first-order valence-electron chi connectivity index (χ1n) is 15.1. The van der Waals surface area contributed by atoms with Crippen molar-refractivity contribution in [3.63, 3.8) is 0 Å². The standard InChI is InChI=1S/C33H33FN8O4/c1-19-11-26(30(45-21-6-7-21)16-28(19)46-22-8-10-42-31(13-22)36-18-38-42)39-32-23-14-27(29(44-3)15-25(23)35-17-37-32)40-33(43)24(34)12-20-5-4-9-41(20)2/h8,10-18,20-21H,4-7,9H2,1-3H3,(H,40,43)(H,35,37,39). The minimum absolute atomic E-state index is 0.113. The smallest absolute Gasteiger partial charge is 0.284 e. The fourth-order valence-electron chi connectivity index (χ4n) is 5.48. The summed E-state index contributed by atoms with van der Waals surface area (Å²) in [5.41, 5.74) is 3.07. The molecular formula is C33H33FN8O4. The van der Waals surface area contributed by atoms with E-state index in [1.54, 1.807) is 22.8 Å². The van der Waals surface area contributed by atoms with E-state index in [0.717, 1.165) is 37.8 Å². The molecule has 1 aliphatic carbocycles. The van der Waals surface area contributed by atoms with Crippen LogP contribution in [0.15, 0.2) is 67.2 Å². The Morgan fingerprint density at radius 1 is 1.02 bits per heavy atom. The summed E-state index contributed by atoms with van der Waals surface area (Å²) in [5.74, 6) is 0.973. The summed E-state index contributed by atoms with van der Waals surface area (Å²) in [6.07, 6.45) is 9.90. The molecule has 0 spiro atoms. The zero-order chi connectivity index (χ0) is 31.8. The molecule has 0 radical (unpaired) electrons. The molecule has 12 nitrogen and oxygen atoms in total. The van der Waals surface area contributed by atoms with Crippen molar-refractivity contribution in [2.45, 2.75) is 44.8 Å². The van der Waals surface area contributed by atoms with Gasteiger partial charge in [0.25, 0.3) is 5.91 Å². The third-order valence-corrected chi connectivity index (χ3v) is 8.17. The van der Waals surface area contributed by atoms with Crippen molar-refractivity contribution in [3.05, 3.63) is 72.7 Å². The maximum Gasteiger partial charge on any atom is 0.284 e. The Balaban J connectivity index is 1.19. The number of nitrogens with one attached hydrogen (secondary N) is 2. The Bertz CT molecular complexity index is 1970. The van der Waals surface area contributed by atoms with Gasteiger partial charge in [-0.1, -0.05) is 0 Å². The van der Waals surface area contributed by atoms with Gasteiger partial charge in [0.1, 0.15) is 41.5 Å². The number of likely N-dealkylation sites (N-methyl/N-ethyl adjacent to an activating group) is 1. The first-order valence-corrected chi connectivity index (χ1v) is 15.1. The van der Waals surface area contributed by atoms with Crippen LogP contribution in [0.4, 0.5) is 21.6 Å². The lowest BCUT2D eigenvalue weighted by atomic mass is 10.1. The second-order valence-corrected chi connectivity index (χ2v) is 11.5. The van der Waals surface area contributed by atoms with Gasteiger partial charge in [0, 0.05) is 35.8 Å². The normalized spacial score (nSPS) is 17.0. The first kappa shape index (κ1) is 29.4. The van der Waals surface area contributed by atoms with Gasteiger partial charge in [-0.05, 0) is 76.0 Å². The number of nitrogens with zero attached hydrogens (tertiary/aromatic N) is 6. The summed E-state index contributed by atoms with van der Waals surface area (Å²) in [6, 6.07) is 10.7. The molecule has 1 atom stereocenters. The summed E-state index contributed by atoms with van der Waals surface area (Å²) in [7, 11) is 3.40. The van der Waals surface area contributed by atoms with Crippen LogP contribution in [0.5, 0.6) is 23.0 Å². The zero-order valence-corrected chi connectivity index (χ0v) is 25.7. The number of amides is 1. The van der Waals surface area contributed by atoms with Crippen molar-refractivity contribution < 1.29 is 23.4 Å². The Kier molecular flexibility index (Phi) is 7.83. The highest BCUT2D eigenvalue weighted by Gasteiger charge is 2.26. The van der Waals surface area contributed by atoms with Crippen LogP contribution >= 0.6 is 0 Å². The second-order valence-electron chi connectivity index (χ2n) is 11.5. The van der Waals surface area contributed by atoms with Gasteiger partial charge in [-0.25, -0.2) is 23.9 Å². The molecule has 2 aliphatic rings. The molecular weight excluding hydrogens is 591 g/mol. The van der Waals surface area contributed by atoms with Gasteiger partial charge in [0.15, 0.2) is 11.5 Å². The van der Waals surface area contributed by atoms with E-state index in [1.807, 2.05) is 43.1 Å². The maximum absolute atomic E-state index is 15.0. The highest BCUT2D eigenvalue weighted by Crippen LogP contribution is 2.41. The van der Waals surface area contributed by atoms with E-state index in [-0.39, 0.29) is 12.1 Å². The Labute approximate surface area is 264 Å². The predicted octanol–water partition coefficient (Wildman–Crippen LogP) is 5.95.